The van der Waals surface area contributed by atoms with E-state index in [0.717, 1.165) is 25.0 Å². The van der Waals surface area contributed by atoms with Crippen LogP contribution in [0, 0.1) is 0 Å². The monoisotopic (exact) mass is 342 g/mol. The molecule has 6 nitrogen and oxygen atoms in total. The molecule has 25 heavy (non-hydrogen) atoms. The molecule has 2 aliphatic rings. The van der Waals surface area contributed by atoms with Crippen molar-refractivity contribution in [3.05, 3.63) is 34.2 Å². The Labute approximate surface area is 147 Å². The fraction of sp³-hybridized carbons (Fsp3) is 0.579. The lowest BCUT2D eigenvalue weighted by Crippen LogP contribution is -2.50. The first-order valence-electron chi connectivity index (χ1n) is 9.46. The zero-order chi connectivity index (χ0) is 17.2. The Morgan fingerprint density at radius 2 is 1.72 bits per heavy atom. The van der Waals surface area contributed by atoms with Crippen LogP contribution in [0.4, 0.5) is 0 Å². The van der Waals surface area contributed by atoms with Gasteiger partial charge in [0, 0.05) is 24.7 Å². The number of hydrogen-bond donors (Lipinski definition) is 2. The third-order valence-electron chi connectivity index (χ3n) is 5.60. The predicted molar refractivity (Wildman–Crippen MR) is 97.9 cm³/mol. The number of imidazole rings is 1. The van der Waals surface area contributed by atoms with Gasteiger partial charge < -0.3 is 14.9 Å². The summed E-state index contributed by atoms with van der Waals surface area (Å²) >= 11 is 0. The van der Waals surface area contributed by atoms with Crippen molar-refractivity contribution in [3.63, 3.8) is 0 Å². The quantitative estimate of drug-likeness (QED) is 0.880. The number of piperidine rings is 1. The van der Waals surface area contributed by atoms with Gasteiger partial charge in [-0.1, -0.05) is 12.8 Å². The molecule has 2 N–H and O–H groups in total. The molecule has 2 aliphatic heterocycles. The predicted octanol–water partition coefficient (Wildman–Crippen LogP) is 2.34. The Bertz CT molecular complexity index is 801. The van der Waals surface area contributed by atoms with E-state index in [1.807, 2.05) is 11.0 Å². The Morgan fingerprint density at radius 1 is 0.960 bits per heavy atom. The molecule has 4 rings (SSSR count). The van der Waals surface area contributed by atoms with Gasteiger partial charge in [-0.3, -0.25) is 9.69 Å². The van der Waals surface area contributed by atoms with E-state index in [1.165, 1.54) is 45.2 Å². The van der Waals surface area contributed by atoms with E-state index in [9.17, 15) is 9.59 Å². The molecular formula is C19H26N4O2. The van der Waals surface area contributed by atoms with Gasteiger partial charge in [0.25, 0.3) is 5.91 Å². The molecule has 2 fully saturated rings. The number of hydrogen-bond acceptors (Lipinski definition) is 3. The molecule has 0 unspecified atom stereocenters. The van der Waals surface area contributed by atoms with Gasteiger partial charge in [-0.15, -0.1) is 0 Å². The highest BCUT2D eigenvalue weighted by Crippen LogP contribution is 2.22. The second-order valence-corrected chi connectivity index (χ2v) is 7.34. The van der Waals surface area contributed by atoms with E-state index >= 15 is 0 Å². The third-order valence-corrected chi connectivity index (χ3v) is 5.60. The van der Waals surface area contributed by atoms with Gasteiger partial charge in [-0.2, -0.15) is 0 Å². The molecular weight excluding hydrogens is 316 g/mol. The zero-order valence-electron chi connectivity index (χ0n) is 14.6. The first kappa shape index (κ1) is 16.4. The van der Waals surface area contributed by atoms with Gasteiger partial charge in [0.1, 0.15) is 0 Å². The number of rotatable bonds is 2. The van der Waals surface area contributed by atoms with E-state index in [2.05, 4.69) is 14.9 Å². The second-order valence-electron chi connectivity index (χ2n) is 7.34. The van der Waals surface area contributed by atoms with E-state index in [1.54, 1.807) is 12.1 Å². The number of carbonyl (C=O) groups excluding carboxylic acids is 1. The number of carbonyl (C=O) groups is 1. The van der Waals surface area contributed by atoms with Crippen LogP contribution in [0.25, 0.3) is 11.0 Å². The van der Waals surface area contributed by atoms with Gasteiger partial charge in [-0.25, -0.2) is 4.79 Å². The van der Waals surface area contributed by atoms with E-state index in [4.69, 9.17) is 0 Å². The van der Waals surface area contributed by atoms with Crippen LogP contribution >= 0.6 is 0 Å². The van der Waals surface area contributed by atoms with Crippen LogP contribution in [0.5, 0.6) is 0 Å². The normalized spacial score (nSPS) is 22.9. The van der Waals surface area contributed by atoms with E-state index < -0.39 is 0 Å². The van der Waals surface area contributed by atoms with Crippen molar-refractivity contribution >= 4 is 16.9 Å². The summed E-state index contributed by atoms with van der Waals surface area (Å²) in [4.78, 5) is 34.4. The highest BCUT2D eigenvalue weighted by molar-refractivity contribution is 5.97. The number of aromatic nitrogens is 2. The molecule has 2 aromatic rings. The van der Waals surface area contributed by atoms with Gasteiger partial charge in [0.2, 0.25) is 0 Å². The Hall–Kier alpha value is -2.08. The number of benzene rings is 1. The number of fused-ring (bicyclic) bond motifs is 1. The SMILES string of the molecule is O=C(c1ccc2[nH]c(=O)[nH]c2c1)N1CCC[C@H](N2CCCCCC2)C1. The number of nitrogens with one attached hydrogen (secondary N) is 2. The number of H-pyrrole nitrogens is 2. The molecule has 0 bridgehead atoms. The smallest absolute Gasteiger partial charge is 0.323 e. The minimum absolute atomic E-state index is 0.0727. The first-order valence-corrected chi connectivity index (χ1v) is 9.46. The highest BCUT2D eigenvalue weighted by atomic mass is 16.2. The minimum Gasteiger partial charge on any atom is -0.337 e. The molecule has 0 radical (unpaired) electrons. The molecule has 134 valence electrons. The third kappa shape index (κ3) is 3.49. The standard InChI is InChI=1S/C19H26N4O2/c24-18(14-7-8-16-17(12-14)21-19(25)20-16)23-11-5-6-15(13-23)22-9-3-1-2-4-10-22/h7-8,12,15H,1-6,9-11,13H2,(H2,20,21,25)/t15-/m0/s1. The summed E-state index contributed by atoms with van der Waals surface area (Å²) in [5.41, 5.74) is 1.85. The topological polar surface area (TPSA) is 72.2 Å². The molecule has 0 saturated carbocycles. The molecule has 1 atom stereocenters. The Balaban J connectivity index is 1.49. The summed E-state index contributed by atoms with van der Waals surface area (Å²) in [6, 6.07) is 5.89. The lowest BCUT2D eigenvalue weighted by Gasteiger charge is -2.39. The van der Waals surface area contributed by atoms with Crippen LogP contribution in [0.15, 0.2) is 23.0 Å². The van der Waals surface area contributed by atoms with Crippen LogP contribution < -0.4 is 5.69 Å². The summed E-state index contributed by atoms with van der Waals surface area (Å²) in [5, 5.41) is 0. The average Bonchev–Trinajstić information content (AvgIpc) is 2.83. The summed E-state index contributed by atoms with van der Waals surface area (Å²) in [6.07, 6.45) is 7.48. The fourth-order valence-corrected chi connectivity index (χ4v) is 4.25. The summed E-state index contributed by atoms with van der Waals surface area (Å²) in [7, 11) is 0. The average molecular weight is 342 g/mol. The lowest BCUT2D eigenvalue weighted by atomic mass is 10.0. The van der Waals surface area contributed by atoms with Gasteiger partial charge in [0.15, 0.2) is 0 Å². The lowest BCUT2D eigenvalue weighted by molar-refractivity contribution is 0.0579. The molecule has 0 spiro atoms. The van der Waals surface area contributed by atoms with Crippen molar-refractivity contribution in [1.29, 1.82) is 0 Å². The van der Waals surface area contributed by atoms with E-state index in [-0.39, 0.29) is 11.6 Å². The molecule has 6 heteroatoms. The molecule has 2 saturated heterocycles. The maximum atomic E-state index is 13.0. The molecule has 1 amide bonds. The minimum atomic E-state index is -0.237. The summed E-state index contributed by atoms with van der Waals surface area (Å²) in [5.74, 6) is 0.0727. The van der Waals surface area contributed by atoms with Crippen LogP contribution in [0.3, 0.4) is 0 Å². The van der Waals surface area contributed by atoms with Crippen LogP contribution in [0.2, 0.25) is 0 Å². The van der Waals surface area contributed by atoms with Crippen molar-refractivity contribution < 1.29 is 4.79 Å². The number of aromatic amines is 2. The van der Waals surface area contributed by atoms with Gasteiger partial charge >= 0.3 is 5.69 Å². The molecule has 0 aliphatic carbocycles. The maximum Gasteiger partial charge on any atom is 0.323 e. The highest BCUT2D eigenvalue weighted by Gasteiger charge is 2.28. The largest absolute Gasteiger partial charge is 0.337 e. The van der Waals surface area contributed by atoms with E-state index in [0.29, 0.717) is 17.1 Å². The van der Waals surface area contributed by atoms with Crippen LogP contribution in [-0.2, 0) is 0 Å². The van der Waals surface area contributed by atoms with Crippen molar-refractivity contribution in [2.45, 2.75) is 44.6 Å². The first-order chi connectivity index (χ1) is 12.2. The number of amides is 1. The maximum absolute atomic E-state index is 13.0. The number of nitrogens with zero attached hydrogens (tertiary/aromatic N) is 2. The zero-order valence-corrected chi connectivity index (χ0v) is 14.6. The number of likely N-dealkylation sites (tertiary alicyclic amines) is 2. The van der Waals surface area contributed by atoms with Crippen LogP contribution in [-0.4, -0.2) is 57.9 Å². The fourth-order valence-electron chi connectivity index (χ4n) is 4.25. The molecule has 1 aromatic carbocycles. The van der Waals surface area contributed by atoms with Crippen LogP contribution in [0.1, 0.15) is 48.9 Å². The second kappa shape index (κ2) is 7.04. The van der Waals surface area contributed by atoms with Crippen molar-refractivity contribution in [2.24, 2.45) is 0 Å². The van der Waals surface area contributed by atoms with Crippen molar-refractivity contribution in [1.82, 2.24) is 19.8 Å². The Kier molecular flexibility index (Phi) is 4.61. The molecule has 3 heterocycles. The van der Waals surface area contributed by atoms with Crippen molar-refractivity contribution in [2.75, 3.05) is 26.2 Å². The van der Waals surface area contributed by atoms with Gasteiger partial charge in [0.05, 0.1) is 11.0 Å². The Morgan fingerprint density at radius 3 is 2.52 bits per heavy atom. The summed E-state index contributed by atoms with van der Waals surface area (Å²) in [6.45, 7) is 3.98. The summed E-state index contributed by atoms with van der Waals surface area (Å²) < 4.78 is 0. The molecule has 1 aromatic heterocycles. The van der Waals surface area contributed by atoms with Gasteiger partial charge in [-0.05, 0) is 57.0 Å². The van der Waals surface area contributed by atoms with Crippen molar-refractivity contribution in [3.8, 4) is 0 Å².